The minimum atomic E-state index is -2.79. The molecule has 7 rings (SSSR count). The van der Waals surface area contributed by atoms with Crippen molar-refractivity contribution in [3.05, 3.63) is 45.8 Å². The molecule has 28 nitrogen and oxygen atoms in total. The first-order valence-corrected chi connectivity index (χ1v) is 26.3. The summed E-state index contributed by atoms with van der Waals surface area (Å²) in [7, 11) is -0.843. The highest BCUT2D eigenvalue weighted by Crippen LogP contribution is 2.47. The molecule has 404 valence electrons. The molecular weight excluding hydrogens is 1010 g/mol. The Labute approximate surface area is 423 Å². The molecular formula is C45H57N5O23Si. The fraction of sp³-hybridized carbons (Fsp3) is 0.667. The highest BCUT2D eigenvalue weighted by Gasteiger charge is 2.69. The van der Waals surface area contributed by atoms with Crippen LogP contribution in [-0.4, -0.2) is 192 Å². The number of fused-ring (bicyclic) bond motifs is 2. The van der Waals surface area contributed by atoms with Crippen LogP contribution in [0, 0.1) is 6.92 Å². The van der Waals surface area contributed by atoms with Gasteiger partial charge in [0.15, 0.2) is 27.1 Å². The second kappa shape index (κ2) is 21.7. The number of methoxy groups -OCH3 is 2. The number of imide groups is 2. The minimum absolute atomic E-state index is 0.0117. The van der Waals surface area contributed by atoms with Crippen LogP contribution >= 0.6 is 0 Å². The Morgan fingerprint density at radius 2 is 1.31 bits per heavy atom. The highest BCUT2D eigenvalue weighted by atomic mass is 28.4. The molecule has 4 amide bonds. The fourth-order valence-electron chi connectivity index (χ4n) is 9.19. The van der Waals surface area contributed by atoms with Crippen molar-refractivity contribution in [2.45, 2.75) is 145 Å². The number of hydrogen-bond acceptors (Lipinski definition) is 24. The van der Waals surface area contributed by atoms with Crippen LogP contribution in [0.4, 0.5) is 19.2 Å². The van der Waals surface area contributed by atoms with Crippen LogP contribution in [-0.2, 0) is 85.2 Å². The van der Waals surface area contributed by atoms with Crippen molar-refractivity contribution >= 4 is 62.5 Å². The van der Waals surface area contributed by atoms with Crippen molar-refractivity contribution < 1.29 is 109 Å². The summed E-state index contributed by atoms with van der Waals surface area (Å²) in [5, 5.41) is 3.03. The average molecular weight is 1060 g/mol. The van der Waals surface area contributed by atoms with Gasteiger partial charge in [0.2, 0.25) is 5.91 Å². The van der Waals surface area contributed by atoms with E-state index in [1.807, 2.05) is 33.9 Å². The van der Waals surface area contributed by atoms with Crippen LogP contribution in [0.3, 0.4) is 0 Å². The van der Waals surface area contributed by atoms with E-state index in [-0.39, 0.29) is 25.1 Å². The molecule has 6 aliphatic rings. The highest BCUT2D eigenvalue weighted by molar-refractivity contribution is 6.74. The number of benzene rings is 1. The molecule has 0 aliphatic carbocycles. The van der Waals surface area contributed by atoms with Crippen LogP contribution in [0.5, 0.6) is 0 Å². The molecule has 0 N–H and O–H groups in total. The maximum absolute atomic E-state index is 14.5. The lowest BCUT2D eigenvalue weighted by molar-refractivity contribution is -0.351. The molecule has 6 heterocycles. The van der Waals surface area contributed by atoms with E-state index in [4.69, 9.17) is 71.5 Å². The largest absolute Gasteiger partial charge is 0.508 e. The molecule has 6 aliphatic heterocycles. The molecule has 1 aromatic carbocycles. The summed E-state index contributed by atoms with van der Waals surface area (Å²) in [6.07, 6.45) is -19.7. The zero-order valence-corrected chi connectivity index (χ0v) is 42.9. The molecule has 4 unspecified atom stereocenters. The third kappa shape index (κ3) is 10.9. The number of nitrogens with zero attached hydrogens (tertiary/aromatic N) is 5. The first-order valence-electron chi connectivity index (χ1n) is 23.4. The van der Waals surface area contributed by atoms with Crippen molar-refractivity contribution in [3.63, 3.8) is 0 Å². The number of carbonyl (C=O) groups is 9. The van der Waals surface area contributed by atoms with Crippen LogP contribution in [0.2, 0.25) is 18.1 Å². The van der Waals surface area contributed by atoms with Crippen molar-refractivity contribution in [3.8, 4) is 0 Å². The van der Waals surface area contributed by atoms with E-state index >= 15 is 0 Å². The number of cyclic esters (lactones) is 4. The number of azide groups is 1. The van der Waals surface area contributed by atoms with Crippen molar-refractivity contribution in [2.75, 3.05) is 47.2 Å². The Kier molecular flexibility index (Phi) is 16.2. The molecule has 0 spiro atoms. The number of amides is 4. The molecule has 0 saturated carbocycles. The SMILES string of the molecule is COC(=O)[C@@]1(OC2COC(=O)OC2[C@@H]2O[C@@](OCCCN=[N+]=[N-])(C(=O)OC)C[C@@H]3OC(=O)N(C(=O)COC(=O)c4ccc(C)cc4)[C@H]32)C[C@@H]2OC(=O)N(C(C)=O)[C@H]2[C@H](C2OC(=O)OCC2O[Si](C)(C)C(C)(C)C)O1. The zero-order valence-electron chi connectivity index (χ0n) is 41.9. The summed E-state index contributed by atoms with van der Waals surface area (Å²) in [6, 6.07) is 3.08. The molecule has 0 radical (unpaired) electrons. The Balaban J connectivity index is 1.30. The van der Waals surface area contributed by atoms with Crippen LogP contribution < -0.4 is 0 Å². The van der Waals surface area contributed by atoms with Gasteiger partial charge in [0.05, 0.1) is 39.2 Å². The lowest BCUT2D eigenvalue weighted by atomic mass is 9.86. The van der Waals surface area contributed by atoms with E-state index < -0.39 is 173 Å². The normalized spacial score (nSPS) is 31.6. The van der Waals surface area contributed by atoms with Gasteiger partial charge in [-0.25, -0.2) is 43.4 Å². The van der Waals surface area contributed by atoms with Crippen LogP contribution in [0.1, 0.15) is 62.9 Å². The Hall–Kier alpha value is -6.62. The summed E-state index contributed by atoms with van der Waals surface area (Å²) in [5.41, 5.74) is 9.74. The average Bonchev–Trinajstić information content (AvgIpc) is 3.87. The number of aryl methyl sites for hydroxylation is 1. The molecule has 1 aromatic rings. The van der Waals surface area contributed by atoms with Gasteiger partial charge in [-0.2, -0.15) is 0 Å². The predicted octanol–water partition coefficient (Wildman–Crippen LogP) is 3.48. The molecule has 6 fully saturated rings. The molecule has 29 heteroatoms. The maximum Gasteiger partial charge on any atom is 0.508 e. The van der Waals surface area contributed by atoms with Crippen LogP contribution in [0.15, 0.2) is 29.4 Å². The van der Waals surface area contributed by atoms with Crippen molar-refractivity contribution in [1.82, 2.24) is 9.80 Å². The van der Waals surface area contributed by atoms with Crippen molar-refractivity contribution in [1.29, 1.82) is 0 Å². The van der Waals surface area contributed by atoms with Crippen molar-refractivity contribution in [2.24, 2.45) is 5.11 Å². The van der Waals surface area contributed by atoms with Gasteiger partial charge in [-0.15, -0.1) is 0 Å². The number of hydrogen-bond donors (Lipinski definition) is 0. The fourth-order valence-corrected chi connectivity index (χ4v) is 10.5. The summed E-state index contributed by atoms with van der Waals surface area (Å²) in [6.45, 7) is 9.76. The lowest BCUT2D eigenvalue weighted by Gasteiger charge is -2.51. The number of esters is 3. The summed E-state index contributed by atoms with van der Waals surface area (Å²) in [5.74, 6) is -10.8. The third-order valence-electron chi connectivity index (χ3n) is 13.7. The van der Waals surface area contributed by atoms with E-state index in [9.17, 15) is 43.2 Å². The molecule has 0 aromatic heterocycles. The topological polar surface area (TPSA) is 338 Å². The van der Waals surface area contributed by atoms with Gasteiger partial charge in [0, 0.05) is 18.4 Å². The van der Waals surface area contributed by atoms with Gasteiger partial charge < -0.3 is 66.0 Å². The van der Waals surface area contributed by atoms with Gasteiger partial charge in [-0.1, -0.05) is 43.6 Å². The lowest BCUT2D eigenvalue weighted by Crippen LogP contribution is -2.71. The number of ether oxygens (including phenoxy) is 13. The van der Waals surface area contributed by atoms with Gasteiger partial charge >= 0.3 is 42.4 Å². The van der Waals surface area contributed by atoms with E-state index in [0.717, 1.165) is 31.6 Å². The van der Waals surface area contributed by atoms with E-state index in [2.05, 4.69) is 10.0 Å². The first-order chi connectivity index (χ1) is 34.9. The predicted molar refractivity (Wildman–Crippen MR) is 241 cm³/mol. The van der Waals surface area contributed by atoms with Gasteiger partial charge in [0.1, 0.15) is 61.9 Å². The van der Waals surface area contributed by atoms with Gasteiger partial charge in [-0.3, -0.25) is 9.59 Å². The Morgan fingerprint density at radius 3 is 1.88 bits per heavy atom. The quantitative estimate of drug-likeness (QED) is 0.0435. The first kappa shape index (κ1) is 55.1. The Morgan fingerprint density at radius 1 is 0.784 bits per heavy atom. The Bertz CT molecular complexity index is 2450. The monoisotopic (exact) mass is 1060 g/mol. The minimum Gasteiger partial charge on any atom is -0.465 e. The van der Waals surface area contributed by atoms with Gasteiger partial charge in [0.25, 0.3) is 17.5 Å². The van der Waals surface area contributed by atoms with Gasteiger partial charge in [-0.05, 0) is 49.1 Å². The number of carbonyl (C=O) groups excluding carboxylic acids is 9. The second-order valence-electron chi connectivity index (χ2n) is 19.5. The molecule has 74 heavy (non-hydrogen) atoms. The third-order valence-corrected chi connectivity index (χ3v) is 18.2. The van der Waals surface area contributed by atoms with E-state index in [1.165, 1.54) is 12.1 Å². The summed E-state index contributed by atoms with van der Waals surface area (Å²) in [4.78, 5) is 126. The van der Waals surface area contributed by atoms with Crippen LogP contribution in [0.25, 0.3) is 10.4 Å². The maximum atomic E-state index is 14.5. The smallest absolute Gasteiger partial charge is 0.465 e. The second-order valence-corrected chi connectivity index (χ2v) is 24.3. The van der Waals surface area contributed by atoms with E-state index in [0.29, 0.717) is 4.90 Å². The van der Waals surface area contributed by atoms with E-state index in [1.54, 1.807) is 19.1 Å². The standard InChI is InChI=1S/C45H57N5O23Si/c1-22-11-13-24(14-12-22)36(53)62-21-29(52)50-31-25(67-40(50)57)17-44(37(54)60-6,65-16-10-15-47-48-46)71-35(31)32-27(19-63-41(58)68-32)70-45(38(55)61-7)18-26-30(49(23(2)51)39(56)66-26)34(72-45)33-28(20-64-42(59)69-33)73-74(8,9)43(3,4)5/h11-14,25-28,30-35H,10,15-21H2,1-9H3/t25-,26-,27?,28?,30+,31+,32?,33?,34+,35+,44+,45+/m0/s1. The molecule has 0 bridgehead atoms. The number of rotatable bonds is 16. The summed E-state index contributed by atoms with van der Waals surface area (Å²) >= 11 is 0. The molecule has 6 saturated heterocycles. The zero-order chi connectivity index (χ0) is 54.1. The molecule has 12 atom stereocenters. The summed E-state index contributed by atoms with van der Waals surface area (Å²) < 4.78 is 81.4.